The molecule has 1 aliphatic rings. The van der Waals surface area contributed by atoms with E-state index in [2.05, 4.69) is 14.2 Å². The Kier molecular flexibility index (Phi) is 6.59. The van der Waals surface area contributed by atoms with Crippen molar-refractivity contribution in [3.05, 3.63) is 35.0 Å². The highest BCUT2D eigenvalue weighted by Gasteiger charge is 2.46. The summed E-state index contributed by atoms with van der Waals surface area (Å²) < 4.78 is 54.7. The zero-order valence-corrected chi connectivity index (χ0v) is 19.0. The molecule has 1 amide bonds. The van der Waals surface area contributed by atoms with Gasteiger partial charge >= 0.3 is 6.29 Å². The van der Waals surface area contributed by atoms with E-state index in [1.165, 1.54) is 23.0 Å². The van der Waals surface area contributed by atoms with E-state index in [9.17, 15) is 17.8 Å². The Labute approximate surface area is 184 Å². The Morgan fingerprint density at radius 2 is 2.00 bits per heavy atom. The summed E-state index contributed by atoms with van der Waals surface area (Å²) in [5.74, 6) is -1.40. The zero-order chi connectivity index (χ0) is 23.8. The van der Waals surface area contributed by atoms with Gasteiger partial charge in [-0.15, -0.1) is 13.1 Å². The molecule has 9 nitrogen and oxygen atoms in total. The van der Waals surface area contributed by atoms with Crippen molar-refractivity contribution in [2.24, 2.45) is 9.50 Å². The molecular weight excluding hydrogens is 446 g/mol. The third-order valence-electron chi connectivity index (χ3n) is 4.89. The Morgan fingerprint density at radius 3 is 2.59 bits per heavy atom. The zero-order valence-electron chi connectivity index (χ0n) is 18.2. The summed E-state index contributed by atoms with van der Waals surface area (Å²) in [5, 5.41) is 18.6. The summed E-state index contributed by atoms with van der Waals surface area (Å²) in [6, 6.07) is 2.79. The molecule has 0 saturated heterocycles. The molecule has 12 heteroatoms. The average Bonchev–Trinajstić information content (AvgIpc) is 3.23. The quantitative estimate of drug-likeness (QED) is 0.638. The topological polar surface area (TPSA) is 129 Å². The lowest BCUT2D eigenvalue weighted by molar-refractivity contribution is -0.287. The molecule has 3 N–H and O–H groups in total. The van der Waals surface area contributed by atoms with Crippen molar-refractivity contribution in [2.45, 2.75) is 63.8 Å². The number of aliphatic hydroxyl groups is 1. The second-order valence-electron chi connectivity index (χ2n) is 8.03. The number of hydrogen-bond acceptors (Lipinski definition) is 6. The van der Waals surface area contributed by atoms with Crippen molar-refractivity contribution in [3.8, 4) is 11.5 Å². The molecule has 0 saturated carbocycles. The predicted octanol–water partition coefficient (Wildman–Crippen LogP) is 2.91. The average molecular weight is 473 g/mol. The summed E-state index contributed by atoms with van der Waals surface area (Å²) in [4.78, 5) is 12.8. The van der Waals surface area contributed by atoms with E-state index in [1.54, 1.807) is 13.8 Å². The molecule has 1 atom stereocenters. The number of fused-ring (bicyclic) bond motifs is 1. The fraction of sp³-hybridized carbons (Fsp3) is 0.500. The molecule has 0 spiro atoms. The van der Waals surface area contributed by atoms with Crippen molar-refractivity contribution in [2.75, 3.05) is 6.61 Å². The van der Waals surface area contributed by atoms with E-state index < -0.39 is 22.1 Å². The number of carbonyl (C=O) groups is 1. The lowest BCUT2D eigenvalue weighted by Crippen LogP contribution is -2.26. The SMILES string of the molecule is CC(C)c1cc2c(c(C(C)C)c1CC(=O)N=S(N)(=O)c1ccn(CCO)n1)OC(F)(F)O2. The molecule has 176 valence electrons. The van der Waals surface area contributed by atoms with Gasteiger partial charge < -0.3 is 14.6 Å². The largest absolute Gasteiger partial charge is 0.586 e. The fourth-order valence-corrected chi connectivity index (χ4v) is 4.54. The standard InChI is InChI=1S/C20H26F2N4O5S/c1-11(2)13-9-15-19(31-20(21,22)30-15)18(12(3)4)14(13)10-16(28)25-32(23,29)17-5-6-26(24-17)7-8-27/h5-6,9,11-12,27H,7-8,10H2,1-4H3,(H2,23,25,28,29). The molecule has 1 aromatic heterocycles. The van der Waals surface area contributed by atoms with Crippen LogP contribution in [-0.4, -0.2) is 37.9 Å². The molecule has 0 radical (unpaired) electrons. The Bertz CT molecular complexity index is 1150. The van der Waals surface area contributed by atoms with Gasteiger partial charge in [-0.1, -0.05) is 27.7 Å². The first-order chi connectivity index (χ1) is 14.8. The van der Waals surface area contributed by atoms with Gasteiger partial charge in [0.15, 0.2) is 26.4 Å². The van der Waals surface area contributed by atoms with Crippen LogP contribution in [-0.2, 0) is 27.7 Å². The molecule has 1 unspecified atom stereocenters. The number of carbonyl (C=O) groups excluding carboxylic acids is 1. The van der Waals surface area contributed by atoms with Crippen LogP contribution in [0.25, 0.3) is 0 Å². The number of aliphatic hydroxyl groups excluding tert-OH is 1. The number of alkyl halides is 2. The van der Waals surface area contributed by atoms with Gasteiger partial charge in [-0.3, -0.25) is 9.48 Å². The molecule has 0 aliphatic carbocycles. The molecule has 2 aromatic rings. The van der Waals surface area contributed by atoms with Crippen molar-refractivity contribution >= 4 is 15.8 Å². The Balaban J connectivity index is 2.03. The van der Waals surface area contributed by atoms with Gasteiger partial charge in [0.25, 0.3) is 5.91 Å². The number of hydrogen-bond donors (Lipinski definition) is 2. The number of halogens is 2. The van der Waals surface area contributed by atoms with Crippen LogP contribution in [0.1, 0.15) is 56.2 Å². The smallest absolute Gasteiger partial charge is 0.395 e. The number of nitrogens with two attached hydrogens (primary N) is 1. The van der Waals surface area contributed by atoms with Crippen molar-refractivity contribution in [3.63, 3.8) is 0 Å². The first-order valence-electron chi connectivity index (χ1n) is 10.0. The third kappa shape index (κ3) is 4.92. The fourth-order valence-electron chi connectivity index (χ4n) is 3.60. The van der Waals surface area contributed by atoms with E-state index in [-0.39, 0.29) is 47.9 Å². The maximum atomic E-state index is 13.8. The summed E-state index contributed by atoms with van der Waals surface area (Å²) in [5.41, 5.74) is 1.49. The van der Waals surface area contributed by atoms with Gasteiger partial charge in [-0.25, -0.2) is 9.35 Å². The number of amides is 1. The summed E-state index contributed by atoms with van der Waals surface area (Å²) >= 11 is 0. The molecule has 2 heterocycles. The van der Waals surface area contributed by atoms with Crippen LogP contribution in [0.15, 0.2) is 27.7 Å². The van der Waals surface area contributed by atoms with E-state index in [0.717, 1.165) is 0 Å². The van der Waals surface area contributed by atoms with Crippen molar-refractivity contribution < 1.29 is 32.4 Å². The van der Waals surface area contributed by atoms with Crippen LogP contribution in [0.2, 0.25) is 0 Å². The monoisotopic (exact) mass is 472 g/mol. The summed E-state index contributed by atoms with van der Waals surface area (Å²) in [6.07, 6.45) is -2.65. The summed E-state index contributed by atoms with van der Waals surface area (Å²) in [7, 11) is -3.64. The molecule has 1 aliphatic heterocycles. The van der Waals surface area contributed by atoms with E-state index in [4.69, 9.17) is 15.0 Å². The molecule has 32 heavy (non-hydrogen) atoms. The molecule has 1 aromatic carbocycles. The number of aromatic nitrogens is 2. The van der Waals surface area contributed by atoms with Crippen LogP contribution in [0.3, 0.4) is 0 Å². The highest BCUT2D eigenvalue weighted by molar-refractivity contribution is 7.91. The first-order valence-corrected chi connectivity index (χ1v) is 11.6. The van der Waals surface area contributed by atoms with Crippen LogP contribution in [0, 0.1) is 0 Å². The second kappa shape index (κ2) is 8.75. The Morgan fingerprint density at radius 1 is 1.31 bits per heavy atom. The van der Waals surface area contributed by atoms with E-state index in [0.29, 0.717) is 16.7 Å². The molecular formula is C20H26F2N4O5S. The van der Waals surface area contributed by atoms with Gasteiger partial charge in [0.2, 0.25) is 0 Å². The van der Waals surface area contributed by atoms with Gasteiger partial charge in [0.05, 0.1) is 19.6 Å². The highest BCUT2D eigenvalue weighted by Crippen LogP contribution is 2.49. The second-order valence-corrected chi connectivity index (χ2v) is 9.77. The van der Waals surface area contributed by atoms with Gasteiger partial charge in [0.1, 0.15) is 0 Å². The number of benzene rings is 1. The van der Waals surface area contributed by atoms with E-state index >= 15 is 0 Å². The van der Waals surface area contributed by atoms with Gasteiger partial charge in [-0.05, 0) is 35.1 Å². The van der Waals surface area contributed by atoms with Crippen LogP contribution < -0.4 is 14.6 Å². The van der Waals surface area contributed by atoms with Crippen molar-refractivity contribution in [1.29, 1.82) is 0 Å². The Hall–Kier alpha value is -2.57. The molecule has 0 fully saturated rings. The third-order valence-corrected chi connectivity index (χ3v) is 6.18. The first kappa shape index (κ1) is 24.1. The predicted molar refractivity (Wildman–Crippen MR) is 112 cm³/mol. The minimum Gasteiger partial charge on any atom is -0.395 e. The van der Waals surface area contributed by atoms with E-state index in [1.807, 2.05) is 13.8 Å². The maximum absolute atomic E-state index is 13.8. The summed E-state index contributed by atoms with van der Waals surface area (Å²) in [6.45, 7) is 7.26. The number of ether oxygens (including phenoxy) is 2. The molecule has 3 rings (SSSR count). The highest BCUT2D eigenvalue weighted by atomic mass is 32.2. The number of nitrogens with zero attached hydrogens (tertiary/aromatic N) is 3. The normalized spacial score (nSPS) is 16.4. The maximum Gasteiger partial charge on any atom is 0.586 e. The minimum atomic E-state index is -3.80. The molecule has 0 bridgehead atoms. The van der Waals surface area contributed by atoms with Crippen molar-refractivity contribution in [1.82, 2.24) is 9.78 Å². The minimum absolute atomic E-state index is 0.0902. The number of rotatable bonds is 7. The lowest BCUT2D eigenvalue weighted by Gasteiger charge is -2.20. The van der Waals surface area contributed by atoms with Crippen LogP contribution >= 0.6 is 0 Å². The van der Waals surface area contributed by atoms with Crippen LogP contribution in [0.5, 0.6) is 11.5 Å². The lowest BCUT2D eigenvalue weighted by atomic mass is 9.86. The van der Waals surface area contributed by atoms with Gasteiger partial charge in [-0.2, -0.15) is 5.10 Å². The van der Waals surface area contributed by atoms with Crippen LogP contribution in [0.4, 0.5) is 8.78 Å². The van der Waals surface area contributed by atoms with Gasteiger partial charge in [0, 0.05) is 11.8 Å².